The molecule has 1 unspecified atom stereocenters. The molecule has 0 saturated heterocycles. The largest absolute Gasteiger partial charge is 0.355 e. The third kappa shape index (κ3) is 4.54. The molecule has 2 aromatic rings. The van der Waals surface area contributed by atoms with E-state index in [4.69, 9.17) is 0 Å². The van der Waals surface area contributed by atoms with Gasteiger partial charge in [-0.1, -0.05) is 56.3 Å². The van der Waals surface area contributed by atoms with Gasteiger partial charge in [0.05, 0.1) is 26.5 Å². The Bertz CT molecular complexity index is 698. The molecular formula is C20H25NO2S. The lowest BCUT2D eigenvalue weighted by Gasteiger charge is -2.19. The molecule has 2 atom stereocenters. The first-order valence-corrected chi connectivity index (χ1v) is 9.52. The van der Waals surface area contributed by atoms with E-state index in [-0.39, 0.29) is 11.2 Å². The monoisotopic (exact) mass is 343 g/mol. The van der Waals surface area contributed by atoms with Gasteiger partial charge in [0, 0.05) is 7.05 Å². The van der Waals surface area contributed by atoms with Crippen LogP contribution in [0.4, 0.5) is 0 Å². The number of carbonyl (C=O) groups is 1. The van der Waals surface area contributed by atoms with Gasteiger partial charge in [0.1, 0.15) is 0 Å². The Morgan fingerprint density at radius 3 is 2.25 bits per heavy atom. The van der Waals surface area contributed by atoms with Crippen LogP contribution in [-0.2, 0) is 10.8 Å². The van der Waals surface area contributed by atoms with Gasteiger partial charge in [0.25, 0.3) is 5.91 Å². The normalized spacial score (nSPS) is 13.5. The summed E-state index contributed by atoms with van der Waals surface area (Å²) in [6.45, 7) is 4.34. The first-order chi connectivity index (χ1) is 11.5. The van der Waals surface area contributed by atoms with Crippen molar-refractivity contribution in [1.29, 1.82) is 0 Å². The van der Waals surface area contributed by atoms with Crippen LogP contribution in [0, 0.1) is 5.92 Å². The van der Waals surface area contributed by atoms with Crippen LogP contribution in [-0.4, -0.2) is 17.2 Å². The zero-order chi connectivity index (χ0) is 17.5. The van der Waals surface area contributed by atoms with Gasteiger partial charge >= 0.3 is 0 Å². The fourth-order valence-electron chi connectivity index (χ4n) is 2.67. The quantitative estimate of drug-likeness (QED) is 0.813. The van der Waals surface area contributed by atoms with Crippen LogP contribution in [0.2, 0.25) is 0 Å². The van der Waals surface area contributed by atoms with Crippen molar-refractivity contribution in [3.63, 3.8) is 0 Å². The summed E-state index contributed by atoms with van der Waals surface area (Å²) in [4.78, 5) is 12.7. The SMILES string of the molecule is CNC(=O)c1ccccc1S(=O)[C@H](CCC(C)C)c1ccccc1. The Morgan fingerprint density at radius 2 is 1.62 bits per heavy atom. The third-order valence-corrected chi connectivity index (χ3v) is 5.83. The average molecular weight is 343 g/mol. The Balaban J connectivity index is 2.40. The first-order valence-electron chi connectivity index (χ1n) is 8.31. The van der Waals surface area contributed by atoms with Gasteiger partial charge in [-0.3, -0.25) is 9.00 Å². The molecule has 0 fully saturated rings. The average Bonchev–Trinajstić information content (AvgIpc) is 2.61. The molecule has 0 radical (unpaired) electrons. The summed E-state index contributed by atoms with van der Waals surface area (Å²) >= 11 is 0. The van der Waals surface area contributed by atoms with Crippen molar-refractivity contribution in [2.24, 2.45) is 5.92 Å². The zero-order valence-corrected chi connectivity index (χ0v) is 15.3. The maximum absolute atomic E-state index is 13.3. The van der Waals surface area contributed by atoms with E-state index in [1.807, 2.05) is 36.4 Å². The van der Waals surface area contributed by atoms with E-state index < -0.39 is 10.8 Å². The zero-order valence-electron chi connectivity index (χ0n) is 14.5. The van der Waals surface area contributed by atoms with E-state index in [1.54, 1.807) is 25.2 Å². The number of rotatable bonds is 7. The molecule has 24 heavy (non-hydrogen) atoms. The van der Waals surface area contributed by atoms with E-state index in [9.17, 15) is 9.00 Å². The lowest BCUT2D eigenvalue weighted by molar-refractivity contribution is 0.0960. The van der Waals surface area contributed by atoms with Crippen LogP contribution in [0.25, 0.3) is 0 Å². The predicted molar refractivity (Wildman–Crippen MR) is 99.5 cm³/mol. The number of hydrogen-bond donors (Lipinski definition) is 1. The van der Waals surface area contributed by atoms with Crippen molar-refractivity contribution in [2.75, 3.05) is 7.05 Å². The van der Waals surface area contributed by atoms with Crippen molar-refractivity contribution in [1.82, 2.24) is 5.32 Å². The Hall–Kier alpha value is -1.94. The van der Waals surface area contributed by atoms with Crippen LogP contribution >= 0.6 is 0 Å². The molecule has 0 aliphatic rings. The van der Waals surface area contributed by atoms with Crippen LogP contribution in [0.1, 0.15) is 47.9 Å². The molecule has 0 heterocycles. The number of amides is 1. The van der Waals surface area contributed by atoms with Crippen LogP contribution < -0.4 is 5.32 Å². The van der Waals surface area contributed by atoms with Gasteiger partial charge in [-0.15, -0.1) is 0 Å². The molecule has 0 aromatic heterocycles. The van der Waals surface area contributed by atoms with Gasteiger partial charge < -0.3 is 5.32 Å². The number of nitrogens with one attached hydrogen (secondary N) is 1. The predicted octanol–water partition coefficient (Wildman–Crippen LogP) is 4.33. The minimum atomic E-state index is -1.28. The molecule has 0 saturated carbocycles. The van der Waals surface area contributed by atoms with E-state index >= 15 is 0 Å². The first kappa shape index (κ1) is 18.4. The third-order valence-electron chi connectivity index (χ3n) is 4.01. The van der Waals surface area contributed by atoms with E-state index in [0.717, 1.165) is 18.4 Å². The van der Waals surface area contributed by atoms with E-state index in [1.165, 1.54) is 0 Å². The van der Waals surface area contributed by atoms with Gasteiger partial charge in [-0.25, -0.2) is 0 Å². The summed E-state index contributed by atoms with van der Waals surface area (Å²) in [5.74, 6) is 0.344. The maximum Gasteiger partial charge on any atom is 0.252 e. The summed E-state index contributed by atoms with van der Waals surface area (Å²) in [6, 6.07) is 17.1. The second kappa shape index (κ2) is 8.78. The van der Waals surface area contributed by atoms with Crippen molar-refractivity contribution in [3.05, 3.63) is 65.7 Å². The molecule has 1 N–H and O–H groups in total. The lowest BCUT2D eigenvalue weighted by Crippen LogP contribution is -2.21. The van der Waals surface area contributed by atoms with Crippen LogP contribution in [0.5, 0.6) is 0 Å². The van der Waals surface area contributed by atoms with Gasteiger partial charge in [-0.2, -0.15) is 0 Å². The van der Waals surface area contributed by atoms with E-state index in [0.29, 0.717) is 16.4 Å². The standard InChI is InChI=1S/C20H25NO2S/c1-15(2)13-14-18(16-9-5-4-6-10-16)24(23)19-12-8-7-11-17(19)20(22)21-3/h4-12,15,18H,13-14H2,1-3H3,(H,21,22)/t18-,24?/m1/s1. The molecule has 0 spiro atoms. The molecule has 0 aliphatic carbocycles. The van der Waals surface area contributed by atoms with Gasteiger partial charge in [0.15, 0.2) is 0 Å². The summed E-state index contributed by atoms with van der Waals surface area (Å²) < 4.78 is 13.3. The van der Waals surface area contributed by atoms with Crippen molar-refractivity contribution < 1.29 is 9.00 Å². The Morgan fingerprint density at radius 1 is 1.00 bits per heavy atom. The van der Waals surface area contributed by atoms with Gasteiger partial charge in [0.2, 0.25) is 0 Å². The molecule has 0 bridgehead atoms. The molecule has 1 amide bonds. The second-order valence-electron chi connectivity index (χ2n) is 6.24. The summed E-state index contributed by atoms with van der Waals surface area (Å²) in [5, 5.41) is 2.52. The Labute approximate surface area is 146 Å². The van der Waals surface area contributed by atoms with Crippen molar-refractivity contribution in [2.45, 2.75) is 36.8 Å². The van der Waals surface area contributed by atoms with Crippen molar-refractivity contribution >= 4 is 16.7 Å². The highest BCUT2D eigenvalue weighted by Gasteiger charge is 2.24. The van der Waals surface area contributed by atoms with Crippen LogP contribution in [0.3, 0.4) is 0 Å². The molecular weight excluding hydrogens is 318 g/mol. The molecule has 3 nitrogen and oxygen atoms in total. The molecule has 128 valence electrons. The van der Waals surface area contributed by atoms with Gasteiger partial charge in [-0.05, 0) is 36.5 Å². The molecule has 4 heteroatoms. The molecule has 2 rings (SSSR count). The highest BCUT2D eigenvalue weighted by molar-refractivity contribution is 7.85. The minimum Gasteiger partial charge on any atom is -0.355 e. The fourth-order valence-corrected chi connectivity index (χ4v) is 4.32. The van der Waals surface area contributed by atoms with Crippen LogP contribution in [0.15, 0.2) is 59.5 Å². The summed E-state index contributed by atoms with van der Waals surface area (Å²) in [5.41, 5.74) is 1.55. The topological polar surface area (TPSA) is 46.2 Å². The molecule has 2 aromatic carbocycles. The number of benzene rings is 2. The van der Waals surface area contributed by atoms with Crippen molar-refractivity contribution in [3.8, 4) is 0 Å². The minimum absolute atomic E-state index is 0.112. The highest BCUT2D eigenvalue weighted by Crippen LogP contribution is 2.32. The highest BCUT2D eigenvalue weighted by atomic mass is 32.2. The molecule has 0 aliphatic heterocycles. The summed E-state index contributed by atoms with van der Waals surface area (Å²) in [6.07, 6.45) is 1.82. The summed E-state index contributed by atoms with van der Waals surface area (Å²) in [7, 11) is 0.310. The number of carbonyl (C=O) groups excluding carboxylic acids is 1. The Kier molecular flexibility index (Phi) is 6.73. The fraction of sp³-hybridized carbons (Fsp3) is 0.350. The smallest absolute Gasteiger partial charge is 0.252 e. The lowest BCUT2D eigenvalue weighted by atomic mass is 10.0. The van der Waals surface area contributed by atoms with E-state index in [2.05, 4.69) is 19.2 Å². The second-order valence-corrected chi connectivity index (χ2v) is 7.85. The maximum atomic E-state index is 13.3. The number of hydrogen-bond acceptors (Lipinski definition) is 2.